The SMILES string of the molecule is c1ccc2c(c1)cc(-c1ccc3ccc(-c4ccc5ccc(-c6cc7cccnc7c7ncccc67)nc5c4)nc3c1)c1ccccc12.c1ccc2cc(-c3ccc4ccc(-c5ccc6ccc(-c7cc8cccnc8c8ncccc78)nc6c5)nc4c3)ccc2c1. The van der Waals surface area contributed by atoms with Crippen LogP contribution in [0.3, 0.4) is 0 Å². The second kappa shape index (κ2) is 21.7. The number of nitrogens with zero attached hydrogens (tertiary/aromatic N) is 8. The van der Waals surface area contributed by atoms with Crippen molar-refractivity contribution in [3.8, 4) is 67.3 Å². The number of hydrogen-bond donors (Lipinski definition) is 0. The van der Waals surface area contributed by atoms with Gasteiger partial charge >= 0.3 is 0 Å². The monoisotopic (exact) mass is 1170 g/mol. The molecule has 0 N–H and O–H groups in total. The van der Waals surface area contributed by atoms with Crippen LogP contribution in [0.2, 0.25) is 0 Å². The zero-order valence-corrected chi connectivity index (χ0v) is 49.4. The Hall–Kier alpha value is -12.5. The third-order valence-corrected chi connectivity index (χ3v) is 18.0. The minimum Gasteiger partial charge on any atom is -0.254 e. The Morgan fingerprint density at radius 2 is 0.522 bits per heavy atom. The zero-order chi connectivity index (χ0) is 60.6. The van der Waals surface area contributed by atoms with Crippen LogP contribution in [0.15, 0.2) is 304 Å². The first-order valence-corrected chi connectivity index (χ1v) is 30.8. The van der Waals surface area contributed by atoms with Gasteiger partial charge in [0, 0.05) is 90.1 Å². The number of pyridine rings is 8. The Bertz CT molecular complexity index is 6040. The van der Waals surface area contributed by atoms with Gasteiger partial charge in [0.1, 0.15) is 0 Å². The molecule has 0 radical (unpaired) electrons. The van der Waals surface area contributed by atoms with Gasteiger partial charge in [0.25, 0.3) is 0 Å². The molecule has 19 aromatic rings. The molecule has 0 aliphatic carbocycles. The van der Waals surface area contributed by atoms with Gasteiger partial charge in [-0.25, -0.2) is 19.9 Å². The van der Waals surface area contributed by atoms with Crippen molar-refractivity contribution in [2.75, 3.05) is 0 Å². The van der Waals surface area contributed by atoms with Gasteiger partial charge in [0.05, 0.1) is 66.9 Å². The van der Waals surface area contributed by atoms with Gasteiger partial charge in [0.15, 0.2) is 0 Å². The molecule has 0 spiro atoms. The molecule has 426 valence electrons. The molecule has 0 aliphatic rings. The highest BCUT2D eigenvalue weighted by Crippen LogP contribution is 2.39. The quantitative estimate of drug-likeness (QED) is 0.152. The summed E-state index contributed by atoms with van der Waals surface area (Å²) in [6.07, 6.45) is 7.28. The van der Waals surface area contributed by atoms with Gasteiger partial charge in [-0.15, -0.1) is 0 Å². The van der Waals surface area contributed by atoms with Crippen molar-refractivity contribution in [3.63, 3.8) is 0 Å². The minimum absolute atomic E-state index is 0.887. The standard InChI is InChI=1S/C44H26N4.C40H24N4/c1-2-9-33-29(7-1)23-37(35-11-4-3-10-34(33)35)30-15-13-27-17-19-39(47-41(27)25-30)31-16-14-28-18-20-40(48-42(28)26-31)38-24-32-8-5-21-45-43(32)44-36(38)12-6-22-46-44;1-2-6-28-21-29(12-9-25(28)5-1)30-13-10-26-15-17-35(43-37(26)23-30)31-14-11-27-16-18-36(44-38(27)24-31)34-22-32-7-3-19-41-39(32)40-33(34)8-4-20-42-40/h1-26H;1-24H. The maximum absolute atomic E-state index is 5.19. The summed E-state index contributed by atoms with van der Waals surface area (Å²) in [5.41, 5.74) is 19.9. The number of rotatable bonds is 6. The molecule has 92 heavy (non-hydrogen) atoms. The maximum atomic E-state index is 5.19. The molecule has 8 heteroatoms. The molecule has 0 unspecified atom stereocenters. The highest BCUT2D eigenvalue weighted by molar-refractivity contribution is 6.15. The summed E-state index contributed by atoms with van der Waals surface area (Å²) in [5, 5.41) is 16.1. The third-order valence-electron chi connectivity index (χ3n) is 18.0. The molecule has 0 saturated heterocycles. The fourth-order valence-corrected chi connectivity index (χ4v) is 13.4. The molecule has 0 amide bonds. The van der Waals surface area contributed by atoms with Gasteiger partial charge in [-0.1, -0.05) is 182 Å². The molecule has 8 nitrogen and oxygen atoms in total. The van der Waals surface area contributed by atoms with Gasteiger partial charge in [-0.05, 0) is 152 Å². The van der Waals surface area contributed by atoms with Crippen LogP contribution in [0, 0.1) is 0 Å². The Morgan fingerprint density at radius 3 is 1.08 bits per heavy atom. The van der Waals surface area contributed by atoms with E-state index in [-0.39, 0.29) is 0 Å². The third kappa shape index (κ3) is 9.24. The maximum Gasteiger partial charge on any atom is 0.0971 e. The van der Waals surface area contributed by atoms with Crippen LogP contribution in [-0.4, -0.2) is 39.9 Å². The largest absolute Gasteiger partial charge is 0.254 e. The van der Waals surface area contributed by atoms with E-state index in [0.29, 0.717) is 0 Å². The highest BCUT2D eigenvalue weighted by Gasteiger charge is 2.17. The van der Waals surface area contributed by atoms with Crippen LogP contribution in [-0.2, 0) is 0 Å². The van der Waals surface area contributed by atoms with E-state index in [0.717, 1.165) is 143 Å². The van der Waals surface area contributed by atoms with Crippen molar-refractivity contribution in [1.82, 2.24) is 39.9 Å². The summed E-state index contributed by atoms with van der Waals surface area (Å²) in [7, 11) is 0. The predicted octanol–water partition coefficient (Wildman–Crippen LogP) is 21.2. The number of fused-ring (bicyclic) bond motifs is 14. The van der Waals surface area contributed by atoms with Gasteiger partial charge in [-0.2, -0.15) is 0 Å². The Morgan fingerprint density at radius 1 is 0.174 bits per heavy atom. The lowest BCUT2D eigenvalue weighted by atomic mass is 9.93. The first-order valence-electron chi connectivity index (χ1n) is 30.8. The van der Waals surface area contributed by atoms with Crippen molar-refractivity contribution < 1.29 is 0 Å². The fraction of sp³-hybridized carbons (Fsp3) is 0. The summed E-state index contributed by atoms with van der Waals surface area (Å²) < 4.78 is 0. The Balaban J connectivity index is 0.000000136. The van der Waals surface area contributed by atoms with Crippen molar-refractivity contribution in [2.24, 2.45) is 0 Å². The van der Waals surface area contributed by atoms with Crippen molar-refractivity contribution in [2.45, 2.75) is 0 Å². The van der Waals surface area contributed by atoms with Gasteiger partial charge < -0.3 is 0 Å². The van der Waals surface area contributed by atoms with Crippen LogP contribution in [0.5, 0.6) is 0 Å². The normalized spacial score (nSPS) is 11.7. The van der Waals surface area contributed by atoms with Crippen LogP contribution < -0.4 is 0 Å². The second-order valence-electron chi connectivity index (χ2n) is 23.5. The topological polar surface area (TPSA) is 103 Å². The molecular weight excluding hydrogens is 1120 g/mol. The van der Waals surface area contributed by atoms with E-state index >= 15 is 0 Å². The van der Waals surface area contributed by atoms with E-state index < -0.39 is 0 Å². The molecule has 8 heterocycles. The minimum atomic E-state index is 0.887. The van der Waals surface area contributed by atoms with E-state index in [9.17, 15) is 0 Å². The molecule has 11 aromatic carbocycles. The number of benzene rings is 11. The van der Waals surface area contributed by atoms with Crippen LogP contribution in [0.25, 0.3) is 187 Å². The summed E-state index contributed by atoms with van der Waals surface area (Å²) in [6.45, 7) is 0. The first-order chi connectivity index (χ1) is 45.5. The molecule has 0 bridgehead atoms. The van der Waals surface area contributed by atoms with E-state index in [1.54, 1.807) is 0 Å². The summed E-state index contributed by atoms with van der Waals surface area (Å²) in [5.74, 6) is 0. The molecular formula is C84H50N8. The molecule has 0 fully saturated rings. The van der Waals surface area contributed by atoms with E-state index in [1.807, 2.05) is 49.1 Å². The fourth-order valence-electron chi connectivity index (χ4n) is 13.4. The average Bonchev–Trinajstić information content (AvgIpc) is 0.847. The summed E-state index contributed by atoms with van der Waals surface area (Å²) in [4.78, 5) is 39.2. The van der Waals surface area contributed by atoms with Crippen LogP contribution >= 0.6 is 0 Å². The predicted molar refractivity (Wildman–Crippen MR) is 380 cm³/mol. The van der Waals surface area contributed by atoms with Crippen molar-refractivity contribution >= 4 is 120 Å². The van der Waals surface area contributed by atoms with Crippen molar-refractivity contribution in [3.05, 3.63) is 304 Å². The molecule has 0 aliphatic heterocycles. The van der Waals surface area contributed by atoms with Gasteiger partial charge in [0.2, 0.25) is 0 Å². The highest BCUT2D eigenvalue weighted by atomic mass is 14.8. The molecule has 0 atom stereocenters. The second-order valence-corrected chi connectivity index (χ2v) is 23.5. The number of hydrogen-bond acceptors (Lipinski definition) is 8. The molecule has 19 rings (SSSR count). The van der Waals surface area contributed by atoms with E-state index in [2.05, 4.69) is 270 Å². The smallest absolute Gasteiger partial charge is 0.0971 e. The Kier molecular flexibility index (Phi) is 12.4. The first kappa shape index (κ1) is 52.6. The summed E-state index contributed by atoms with van der Waals surface area (Å²) in [6, 6.07) is 98.2. The lowest BCUT2D eigenvalue weighted by molar-refractivity contribution is 1.36. The molecule has 8 aromatic heterocycles. The zero-order valence-electron chi connectivity index (χ0n) is 49.4. The average molecular weight is 1170 g/mol. The summed E-state index contributed by atoms with van der Waals surface area (Å²) >= 11 is 0. The van der Waals surface area contributed by atoms with Crippen LogP contribution in [0.4, 0.5) is 0 Å². The van der Waals surface area contributed by atoms with Crippen LogP contribution in [0.1, 0.15) is 0 Å². The van der Waals surface area contributed by atoms with Gasteiger partial charge in [-0.3, -0.25) is 19.9 Å². The lowest BCUT2D eigenvalue weighted by Gasteiger charge is -2.12. The van der Waals surface area contributed by atoms with E-state index in [4.69, 9.17) is 24.9 Å². The number of aromatic nitrogens is 8. The molecule has 0 saturated carbocycles. The Labute approximate surface area is 527 Å². The van der Waals surface area contributed by atoms with Crippen molar-refractivity contribution in [1.29, 1.82) is 0 Å². The lowest BCUT2D eigenvalue weighted by Crippen LogP contribution is -1.92. The van der Waals surface area contributed by atoms with E-state index in [1.165, 1.54) is 43.4 Å².